The maximum atomic E-state index is 13.6. The smallest absolute Gasteiger partial charge is 0.272 e. The van der Waals surface area contributed by atoms with Gasteiger partial charge in [0.15, 0.2) is 5.78 Å². The Morgan fingerprint density at radius 1 is 1.23 bits per heavy atom. The van der Waals surface area contributed by atoms with Crippen molar-refractivity contribution < 1.29 is 19.4 Å². The monoisotopic (exact) mass is 440 g/mol. The highest BCUT2D eigenvalue weighted by Gasteiger charge is 2.28. The normalized spacial score (nSPS) is 13.7. The Bertz CT molecular complexity index is 1130. The van der Waals surface area contributed by atoms with Crippen molar-refractivity contribution in [3.63, 3.8) is 0 Å². The van der Waals surface area contributed by atoms with Crippen molar-refractivity contribution in [1.29, 1.82) is 0 Å². The molecule has 0 bridgehead atoms. The van der Waals surface area contributed by atoms with Crippen LogP contribution in [0.5, 0.6) is 5.75 Å². The molecule has 2 heterocycles. The van der Waals surface area contributed by atoms with Crippen LogP contribution in [0.15, 0.2) is 36.4 Å². The number of nitrogens with zero attached hydrogens (tertiary/aromatic N) is 2. The Balaban J connectivity index is 1.74. The lowest BCUT2D eigenvalue weighted by Gasteiger charge is -2.23. The van der Waals surface area contributed by atoms with E-state index in [1.807, 2.05) is 48.9 Å². The first kappa shape index (κ1) is 21.4. The first-order chi connectivity index (χ1) is 15.0. The number of aryl methyl sites for hydroxylation is 2. The van der Waals surface area contributed by atoms with Gasteiger partial charge in [0.2, 0.25) is 0 Å². The molecule has 31 heavy (non-hydrogen) atoms. The summed E-state index contributed by atoms with van der Waals surface area (Å²) in [6.45, 7) is 2.71. The number of Topliss-reactive ketones (excluding diaryl/α,β-unsaturated/α-hetero) is 1. The van der Waals surface area contributed by atoms with Gasteiger partial charge in [-0.3, -0.25) is 9.59 Å². The number of aliphatic hydroxyl groups is 1. The first-order valence-electron chi connectivity index (χ1n) is 10.4. The van der Waals surface area contributed by atoms with Crippen LogP contribution in [0.3, 0.4) is 0 Å². The third-order valence-corrected chi connectivity index (χ3v) is 6.21. The summed E-state index contributed by atoms with van der Waals surface area (Å²) in [5.41, 5.74) is 3.68. The zero-order valence-electron chi connectivity index (χ0n) is 17.7. The molecule has 0 saturated heterocycles. The lowest BCUT2D eigenvalue weighted by atomic mass is 9.98. The zero-order chi connectivity index (χ0) is 22.1. The SMILES string of the molecule is CCOc1cc(C(=O)CO)cc2c1CN(C(=O)c1c(Cl)c3ccccc3n1C)CCC2. The standard InChI is InChI=1S/C24H25ClN2O4/c1-3-31-21-12-16(20(29)14-28)11-15-7-6-10-27(13-18(15)21)24(30)23-22(25)17-8-4-5-9-19(17)26(23)2/h4-5,8-9,11-12,28H,3,6-7,10,13-14H2,1-2H3. The average Bonchev–Trinajstić information content (AvgIpc) is 2.92. The Hall–Kier alpha value is -2.83. The van der Waals surface area contributed by atoms with Crippen LogP contribution in [0, 0.1) is 0 Å². The van der Waals surface area contributed by atoms with Gasteiger partial charge in [-0.05, 0) is 43.5 Å². The number of aliphatic hydroxyl groups excluding tert-OH is 1. The van der Waals surface area contributed by atoms with Gasteiger partial charge < -0.3 is 19.3 Å². The second-order valence-corrected chi connectivity index (χ2v) is 8.07. The van der Waals surface area contributed by atoms with Crippen molar-refractivity contribution in [2.45, 2.75) is 26.3 Å². The number of aromatic nitrogens is 1. The molecule has 3 aromatic rings. The fourth-order valence-corrected chi connectivity index (χ4v) is 4.65. The number of fused-ring (bicyclic) bond motifs is 2. The van der Waals surface area contributed by atoms with Crippen molar-refractivity contribution in [1.82, 2.24) is 9.47 Å². The molecule has 7 heteroatoms. The van der Waals surface area contributed by atoms with E-state index in [1.54, 1.807) is 11.0 Å². The molecule has 0 atom stereocenters. The fraction of sp³-hybridized carbons (Fsp3) is 0.333. The zero-order valence-corrected chi connectivity index (χ0v) is 18.4. The number of para-hydroxylation sites is 1. The van der Waals surface area contributed by atoms with Gasteiger partial charge in [-0.1, -0.05) is 29.8 Å². The number of ketones is 1. The largest absolute Gasteiger partial charge is 0.493 e. The molecule has 0 radical (unpaired) electrons. The molecular formula is C24H25ClN2O4. The number of carbonyl (C=O) groups excluding carboxylic acids is 2. The van der Waals surface area contributed by atoms with Gasteiger partial charge in [0.1, 0.15) is 18.1 Å². The van der Waals surface area contributed by atoms with Crippen LogP contribution in [-0.4, -0.2) is 46.0 Å². The third kappa shape index (κ3) is 3.82. The fourth-order valence-electron chi connectivity index (χ4n) is 4.28. The lowest BCUT2D eigenvalue weighted by Crippen LogP contribution is -2.32. The van der Waals surface area contributed by atoms with E-state index in [0.717, 1.165) is 28.5 Å². The Kier molecular flexibility index (Phi) is 6.03. The molecule has 1 N–H and O–H groups in total. The van der Waals surface area contributed by atoms with Crippen LogP contribution in [0.25, 0.3) is 10.9 Å². The molecular weight excluding hydrogens is 416 g/mol. The van der Waals surface area contributed by atoms with Gasteiger partial charge in [-0.25, -0.2) is 0 Å². The molecule has 0 aliphatic carbocycles. The topological polar surface area (TPSA) is 71.8 Å². The van der Waals surface area contributed by atoms with Gasteiger partial charge in [0.05, 0.1) is 11.6 Å². The molecule has 162 valence electrons. The predicted molar refractivity (Wildman–Crippen MR) is 120 cm³/mol. The van der Waals surface area contributed by atoms with E-state index in [9.17, 15) is 14.7 Å². The number of carbonyl (C=O) groups is 2. The van der Waals surface area contributed by atoms with Crippen LogP contribution < -0.4 is 4.74 Å². The van der Waals surface area contributed by atoms with E-state index in [0.29, 0.717) is 48.1 Å². The Labute approximate surface area is 186 Å². The van der Waals surface area contributed by atoms with Crippen LogP contribution in [0.2, 0.25) is 5.02 Å². The number of hydrogen-bond donors (Lipinski definition) is 1. The molecule has 4 rings (SSSR count). The van der Waals surface area contributed by atoms with Crippen molar-refractivity contribution in [2.75, 3.05) is 19.8 Å². The highest BCUT2D eigenvalue weighted by molar-refractivity contribution is 6.38. The quantitative estimate of drug-likeness (QED) is 0.609. The van der Waals surface area contributed by atoms with Crippen molar-refractivity contribution in [3.8, 4) is 5.75 Å². The number of rotatable bonds is 5. The summed E-state index contributed by atoms with van der Waals surface area (Å²) in [5, 5.41) is 10.6. The maximum absolute atomic E-state index is 13.6. The van der Waals surface area contributed by atoms with Gasteiger partial charge >= 0.3 is 0 Å². The summed E-state index contributed by atoms with van der Waals surface area (Å²) in [5.74, 6) is 0.109. The molecule has 0 unspecified atom stereocenters. The second kappa shape index (κ2) is 8.73. The lowest BCUT2D eigenvalue weighted by molar-refractivity contribution is 0.0735. The van der Waals surface area contributed by atoms with Gasteiger partial charge in [-0.15, -0.1) is 0 Å². The summed E-state index contributed by atoms with van der Waals surface area (Å²) in [4.78, 5) is 27.4. The van der Waals surface area contributed by atoms with Crippen molar-refractivity contribution in [3.05, 3.63) is 63.8 Å². The highest BCUT2D eigenvalue weighted by Crippen LogP contribution is 2.34. The first-order valence-corrected chi connectivity index (χ1v) is 10.8. The van der Waals surface area contributed by atoms with E-state index in [2.05, 4.69) is 0 Å². The van der Waals surface area contributed by atoms with E-state index in [-0.39, 0.29) is 11.7 Å². The number of amides is 1. The summed E-state index contributed by atoms with van der Waals surface area (Å²) >= 11 is 6.62. The predicted octanol–water partition coefficient (Wildman–Crippen LogP) is 3.99. The summed E-state index contributed by atoms with van der Waals surface area (Å²) < 4.78 is 7.67. The number of ether oxygens (including phenoxy) is 1. The molecule has 1 aromatic heterocycles. The second-order valence-electron chi connectivity index (χ2n) is 7.70. The molecule has 1 aliphatic rings. The molecule has 0 spiro atoms. The van der Waals surface area contributed by atoms with Crippen LogP contribution in [-0.2, 0) is 20.0 Å². The summed E-state index contributed by atoms with van der Waals surface area (Å²) in [7, 11) is 1.85. The summed E-state index contributed by atoms with van der Waals surface area (Å²) in [6.07, 6.45) is 1.47. The van der Waals surface area contributed by atoms with E-state index >= 15 is 0 Å². The van der Waals surface area contributed by atoms with E-state index in [4.69, 9.17) is 16.3 Å². The molecule has 6 nitrogen and oxygen atoms in total. The van der Waals surface area contributed by atoms with Crippen LogP contribution in [0.4, 0.5) is 0 Å². The van der Waals surface area contributed by atoms with Gasteiger partial charge in [-0.2, -0.15) is 0 Å². The van der Waals surface area contributed by atoms with E-state index in [1.165, 1.54) is 0 Å². The molecule has 0 fully saturated rings. The van der Waals surface area contributed by atoms with Crippen LogP contribution >= 0.6 is 11.6 Å². The van der Waals surface area contributed by atoms with Crippen molar-refractivity contribution in [2.24, 2.45) is 7.05 Å². The van der Waals surface area contributed by atoms with Crippen molar-refractivity contribution >= 4 is 34.2 Å². The third-order valence-electron chi connectivity index (χ3n) is 5.82. The van der Waals surface area contributed by atoms with Crippen LogP contribution in [0.1, 0.15) is 45.3 Å². The van der Waals surface area contributed by atoms with Gasteiger partial charge in [0.25, 0.3) is 5.91 Å². The highest BCUT2D eigenvalue weighted by atomic mass is 35.5. The minimum absolute atomic E-state index is 0.130. The summed E-state index contributed by atoms with van der Waals surface area (Å²) in [6, 6.07) is 11.2. The Morgan fingerprint density at radius 2 is 2.00 bits per heavy atom. The number of halogens is 1. The minimum atomic E-state index is -0.547. The maximum Gasteiger partial charge on any atom is 0.272 e. The molecule has 1 aliphatic heterocycles. The van der Waals surface area contributed by atoms with Gasteiger partial charge in [0, 0.05) is 42.2 Å². The molecule has 0 saturated carbocycles. The Morgan fingerprint density at radius 3 is 2.71 bits per heavy atom. The van der Waals surface area contributed by atoms with E-state index < -0.39 is 6.61 Å². The average molecular weight is 441 g/mol. The number of hydrogen-bond acceptors (Lipinski definition) is 4. The molecule has 1 amide bonds. The number of benzene rings is 2. The molecule has 2 aromatic carbocycles. The minimum Gasteiger partial charge on any atom is -0.493 e.